The first-order chi connectivity index (χ1) is 26.4. The number of hydrogen-bond donors (Lipinski definition) is 0. The van der Waals surface area contributed by atoms with Crippen LogP contribution in [-0.2, 0) is 5.41 Å². The van der Waals surface area contributed by atoms with Crippen molar-refractivity contribution >= 4 is 10.8 Å². The van der Waals surface area contributed by atoms with Gasteiger partial charge in [-0.25, -0.2) is 15.0 Å². The van der Waals surface area contributed by atoms with Crippen LogP contribution in [0.1, 0.15) is 62.1 Å². The van der Waals surface area contributed by atoms with Gasteiger partial charge in [-0.2, -0.15) is 10.5 Å². The minimum Gasteiger partial charge on any atom is -0.208 e. The van der Waals surface area contributed by atoms with E-state index >= 15 is 0 Å². The van der Waals surface area contributed by atoms with E-state index in [1.54, 1.807) is 6.07 Å². The molecule has 3 fully saturated rings. The molecule has 0 radical (unpaired) electrons. The van der Waals surface area contributed by atoms with E-state index in [0.29, 0.717) is 34.0 Å². The van der Waals surface area contributed by atoms with Crippen molar-refractivity contribution in [3.05, 3.63) is 150 Å². The third kappa shape index (κ3) is 6.44. The zero-order valence-electron chi connectivity index (χ0n) is 30.3. The summed E-state index contributed by atoms with van der Waals surface area (Å²) in [5.74, 6) is 3.63. The lowest BCUT2D eigenvalue weighted by molar-refractivity contribution is 0.0832. The van der Waals surface area contributed by atoms with Gasteiger partial charge in [0.1, 0.15) is 0 Å². The minimum absolute atomic E-state index is 0.391. The van der Waals surface area contributed by atoms with Gasteiger partial charge in [-0.3, -0.25) is 0 Å². The molecule has 1 unspecified atom stereocenters. The topological polar surface area (TPSA) is 86.2 Å². The van der Waals surface area contributed by atoms with Crippen LogP contribution in [0.15, 0.2) is 133 Å². The van der Waals surface area contributed by atoms with Gasteiger partial charge in [-0.05, 0) is 112 Å². The van der Waals surface area contributed by atoms with Crippen molar-refractivity contribution in [2.75, 3.05) is 0 Å². The smallest absolute Gasteiger partial charge is 0.164 e. The molecule has 0 amide bonds. The largest absolute Gasteiger partial charge is 0.208 e. The Hall–Kier alpha value is -6.43. The van der Waals surface area contributed by atoms with Gasteiger partial charge in [0.25, 0.3) is 0 Å². The highest BCUT2D eigenvalue weighted by molar-refractivity contribution is 5.90. The molecule has 3 saturated carbocycles. The summed E-state index contributed by atoms with van der Waals surface area (Å²) in [7, 11) is 0. The molecule has 54 heavy (non-hydrogen) atoms. The van der Waals surface area contributed by atoms with Crippen LogP contribution in [0.2, 0.25) is 0 Å². The Labute approximate surface area is 316 Å². The molecule has 0 spiro atoms. The first-order valence-electron chi connectivity index (χ1n) is 19.0. The van der Waals surface area contributed by atoms with E-state index in [4.69, 9.17) is 15.0 Å². The summed E-state index contributed by atoms with van der Waals surface area (Å²) in [6.07, 6.45) is 8.15. The summed E-state index contributed by atoms with van der Waals surface area (Å²) in [5, 5.41) is 21.0. The zero-order chi connectivity index (χ0) is 36.6. The van der Waals surface area contributed by atoms with E-state index in [-0.39, 0.29) is 0 Å². The summed E-state index contributed by atoms with van der Waals surface area (Å²) in [6, 6.07) is 49.9. The summed E-state index contributed by atoms with van der Waals surface area (Å²) in [4.78, 5) is 14.9. The summed E-state index contributed by atoms with van der Waals surface area (Å²) in [6.45, 7) is 2.43. The second-order valence-corrected chi connectivity index (χ2v) is 15.4. The fourth-order valence-corrected chi connectivity index (χ4v) is 8.94. The minimum atomic E-state index is 0.391. The number of nitriles is 2. The van der Waals surface area contributed by atoms with E-state index < -0.39 is 0 Å². The van der Waals surface area contributed by atoms with Crippen molar-refractivity contribution in [2.24, 2.45) is 11.8 Å². The van der Waals surface area contributed by atoms with Gasteiger partial charge in [0, 0.05) is 16.7 Å². The van der Waals surface area contributed by atoms with E-state index in [2.05, 4.69) is 91.9 Å². The van der Waals surface area contributed by atoms with Crippen molar-refractivity contribution in [3.8, 4) is 68.6 Å². The molecule has 2 bridgehead atoms. The molecule has 0 N–H and O–H groups in total. The Balaban J connectivity index is 1.02. The molecular formula is C49H39N5. The van der Waals surface area contributed by atoms with Gasteiger partial charge in [-0.15, -0.1) is 0 Å². The molecule has 5 heteroatoms. The van der Waals surface area contributed by atoms with Crippen molar-refractivity contribution in [1.29, 1.82) is 10.5 Å². The van der Waals surface area contributed by atoms with Crippen LogP contribution in [0.5, 0.6) is 0 Å². The molecule has 0 aliphatic heterocycles. The van der Waals surface area contributed by atoms with E-state index in [9.17, 15) is 10.5 Å². The van der Waals surface area contributed by atoms with Crippen LogP contribution in [0.3, 0.4) is 0 Å². The Kier molecular flexibility index (Phi) is 8.57. The van der Waals surface area contributed by atoms with Crippen molar-refractivity contribution < 1.29 is 0 Å². The zero-order valence-corrected chi connectivity index (χ0v) is 30.3. The summed E-state index contributed by atoms with van der Waals surface area (Å²) >= 11 is 0. The molecule has 1 heterocycles. The van der Waals surface area contributed by atoms with Gasteiger partial charge in [0.15, 0.2) is 17.5 Å². The maximum atomic E-state index is 9.48. The highest BCUT2D eigenvalue weighted by atomic mass is 15.0. The van der Waals surface area contributed by atoms with E-state index in [1.165, 1.54) is 55.2 Å². The lowest BCUT2D eigenvalue weighted by atomic mass is 9.53. The predicted molar refractivity (Wildman–Crippen MR) is 216 cm³/mol. The normalized spacial score (nSPS) is 19.2. The average molecular weight is 698 g/mol. The molecule has 1 aromatic heterocycles. The van der Waals surface area contributed by atoms with E-state index in [0.717, 1.165) is 50.4 Å². The molecule has 3 aliphatic rings. The van der Waals surface area contributed by atoms with Gasteiger partial charge in [-0.1, -0.05) is 123 Å². The summed E-state index contributed by atoms with van der Waals surface area (Å²) in [5.41, 5.74) is 9.78. The molecule has 0 saturated heterocycles. The summed E-state index contributed by atoms with van der Waals surface area (Å²) < 4.78 is 0. The Bertz CT molecular complexity index is 2550. The standard InChI is InChI=1S/C49H39N5/c1-32-6-5-21-49(28-35(22-32)29-49)45-19-17-37(18-20-45)36-9-11-39(12-10-36)47-52-46(38-7-3-2-4-8-38)53-48(54-47)43-16-15-40-26-42(14-13-41(40)27-43)44-24-33(30-50)23-34(25-44)31-51/h2-4,7-20,23-27,32,35H,5-6,21-22,28-29H2,1H3. The van der Waals surface area contributed by atoms with Crippen LogP contribution in [0.4, 0.5) is 0 Å². The third-order valence-corrected chi connectivity index (χ3v) is 11.7. The maximum absolute atomic E-state index is 9.48. The second-order valence-electron chi connectivity index (χ2n) is 15.4. The Morgan fingerprint density at radius 3 is 1.69 bits per heavy atom. The van der Waals surface area contributed by atoms with Crippen molar-refractivity contribution in [2.45, 2.75) is 50.9 Å². The number of aromatic nitrogens is 3. The van der Waals surface area contributed by atoms with Crippen LogP contribution < -0.4 is 0 Å². The van der Waals surface area contributed by atoms with Crippen LogP contribution in [-0.4, -0.2) is 15.0 Å². The van der Waals surface area contributed by atoms with Crippen molar-refractivity contribution in [1.82, 2.24) is 15.0 Å². The number of nitrogens with zero attached hydrogens (tertiary/aromatic N) is 5. The molecule has 3 aliphatic carbocycles. The SMILES string of the molecule is CC1CCCC2(c3ccc(-c4ccc(-c5nc(-c6ccccc6)nc(-c6ccc7cc(-c8cc(C#N)cc(C#N)c8)ccc7c6)n5)cc4)cc3)CC(C1)C2. The fourth-order valence-electron chi connectivity index (χ4n) is 8.94. The van der Waals surface area contributed by atoms with Crippen LogP contribution >= 0.6 is 0 Å². The second kappa shape index (κ2) is 13.8. The molecule has 260 valence electrons. The first-order valence-corrected chi connectivity index (χ1v) is 19.0. The third-order valence-electron chi connectivity index (χ3n) is 11.7. The van der Waals surface area contributed by atoms with Gasteiger partial charge < -0.3 is 0 Å². The number of rotatable bonds is 6. The lowest BCUT2D eigenvalue weighted by Gasteiger charge is -2.51. The number of benzene rings is 6. The highest BCUT2D eigenvalue weighted by Gasteiger charge is 2.46. The Morgan fingerprint density at radius 2 is 1.06 bits per heavy atom. The molecule has 10 rings (SSSR count). The monoisotopic (exact) mass is 697 g/mol. The molecule has 6 aromatic carbocycles. The quantitative estimate of drug-likeness (QED) is 0.173. The van der Waals surface area contributed by atoms with Gasteiger partial charge >= 0.3 is 0 Å². The first kappa shape index (κ1) is 33.4. The van der Waals surface area contributed by atoms with Crippen molar-refractivity contribution in [3.63, 3.8) is 0 Å². The molecule has 1 atom stereocenters. The number of hydrogen-bond acceptors (Lipinski definition) is 5. The molecular weight excluding hydrogens is 659 g/mol. The van der Waals surface area contributed by atoms with Crippen LogP contribution in [0, 0.1) is 34.5 Å². The van der Waals surface area contributed by atoms with E-state index in [1.807, 2.05) is 54.6 Å². The predicted octanol–water partition coefficient (Wildman–Crippen LogP) is 12.0. The average Bonchev–Trinajstić information content (AvgIpc) is 3.21. The highest BCUT2D eigenvalue weighted by Crippen LogP contribution is 2.55. The molecule has 7 aromatic rings. The number of fused-ring (bicyclic) bond motifs is 5. The van der Waals surface area contributed by atoms with Gasteiger partial charge in [0.05, 0.1) is 23.3 Å². The molecule has 5 nitrogen and oxygen atoms in total. The maximum Gasteiger partial charge on any atom is 0.164 e. The van der Waals surface area contributed by atoms with Gasteiger partial charge in [0.2, 0.25) is 0 Å². The lowest BCUT2D eigenvalue weighted by Crippen LogP contribution is -2.43. The fraction of sp³-hybridized carbons (Fsp3) is 0.204. The van der Waals surface area contributed by atoms with Crippen LogP contribution in [0.25, 0.3) is 67.2 Å². The Morgan fingerprint density at radius 1 is 0.537 bits per heavy atom.